The Morgan fingerprint density at radius 2 is 2.12 bits per heavy atom. The molecule has 0 spiro atoms. The molecule has 2 aromatic carbocycles. The predicted molar refractivity (Wildman–Crippen MR) is 92.5 cm³/mol. The minimum atomic E-state index is -0.669. The fourth-order valence-corrected chi connectivity index (χ4v) is 3.18. The Bertz CT molecular complexity index is 856. The molecule has 124 valence electrons. The Balaban J connectivity index is 1.93. The van der Waals surface area contributed by atoms with E-state index in [1.165, 1.54) is 18.0 Å². The zero-order chi connectivity index (χ0) is 17.4. The average molecular weight is 413 g/mol. The highest BCUT2D eigenvalue weighted by atomic mass is 79.9. The zero-order valence-electron chi connectivity index (χ0n) is 12.6. The lowest BCUT2D eigenvalue weighted by Gasteiger charge is -2.26. The molecule has 1 aliphatic heterocycles. The minimum Gasteiger partial charge on any atom is -0.478 e. The summed E-state index contributed by atoms with van der Waals surface area (Å²) in [6.45, 7) is -0.220. The smallest absolute Gasteiger partial charge is 0.264 e. The Hall–Kier alpha value is -1.92. The number of nitrogens with zero attached hydrogens (tertiary/aromatic N) is 1. The summed E-state index contributed by atoms with van der Waals surface area (Å²) in [7, 11) is 1.52. The summed E-state index contributed by atoms with van der Waals surface area (Å²) >= 11 is 9.42. The van der Waals surface area contributed by atoms with Gasteiger partial charge >= 0.3 is 0 Å². The molecule has 0 saturated heterocycles. The second-order valence-corrected chi connectivity index (χ2v) is 6.71. The first-order valence-corrected chi connectivity index (χ1v) is 8.24. The van der Waals surface area contributed by atoms with E-state index in [1.807, 2.05) is 0 Å². The van der Waals surface area contributed by atoms with Gasteiger partial charge in [0.15, 0.2) is 24.0 Å². The predicted octanol–water partition coefficient (Wildman–Crippen LogP) is 4.02. The number of hydrogen-bond acceptors (Lipinski definition) is 3. The molecule has 1 amide bonds. The lowest BCUT2D eigenvalue weighted by Crippen LogP contribution is -2.36. The first kappa shape index (κ1) is 16.9. The number of carbonyl (C=O) groups excluding carboxylic acids is 2. The lowest BCUT2D eigenvalue weighted by atomic mass is 10.0. The van der Waals surface area contributed by atoms with E-state index in [0.717, 1.165) is 10.5 Å². The summed E-state index contributed by atoms with van der Waals surface area (Å²) in [4.78, 5) is 25.5. The van der Waals surface area contributed by atoms with E-state index in [0.29, 0.717) is 10.6 Å². The third-order valence-corrected chi connectivity index (χ3v) is 4.63. The molecule has 3 rings (SSSR count). The quantitative estimate of drug-likeness (QED) is 0.715. The monoisotopic (exact) mass is 411 g/mol. The van der Waals surface area contributed by atoms with Crippen molar-refractivity contribution < 1.29 is 18.7 Å². The van der Waals surface area contributed by atoms with Crippen molar-refractivity contribution in [2.75, 3.05) is 18.6 Å². The van der Waals surface area contributed by atoms with Gasteiger partial charge in [-0.2, -0.15) is 0 Å². The van der Waals surface area contributed by atoms with E-state index >= 15 is 0 Å². The molecule has 0 fully saturated rings. The van der Waals surface area contributed by atoms with Crippen molar-refractivity contribution >= 4 is 44.9 Å². The summed E-state index contributed by atoms with van der Waals surface area (Å²) in [5, 5.41) is 0.451. The van der Waals surface area contributed by atoms with Crippen molar-refractivity contribution in [2.45, 2.75) is 6.42 Å². The molecule has 0 aliphatic carbocycles. The fraction of sp³-hybridized carbons (Fsp3) is 0.176. The average Bonchev–Trinajstić information content (AvgIpc) is 2.53. The van der Waals surface area contributed by atoms with Crippen LogP contribution in [0.2, 0.25) is 5.02 Å². The first-order valence-electron chi connectivity index (χ1n) is 7.07. The van der Waals surface area contributed by atoms with Crippen LogP contribution in [0.5, 0.6) is 5.75 Å². The van der Waals surface area contributed by atoms with Gasteiger partial charge in [0, 0.05) is 28.5 Å². The van der Waals surface area contributed by atoms with Crippen molar-refractivity contribution in [1.29, 1.82) is 0 Å². The van der Waals surface area contributed by atoms with Crippen molar-refractivity contribution in [3.05, 3.63) is 56.8 Å². The SMILES string of the molecule is CN1C(=O)COc2c(F)cc(C(=O)Cc3ccc(Br)cc3Cl)cc21. The number of anilines is 1. The van der Waals surface area contributed by atoms with Crippen molar-refractivity contribution in [2.24, 2.45) is 0 Å². The molecule has 0 saturated carbocycles. The number of likely N-dealkylation sites (N-methyl/N-ethyl adjacent to an activating group) is 1. The molecule has 1 heterocycles. The summed E-state index contributed by atoms with van der Waals surface area (Å²) in [6, 6.07) is 7.79. The van der Waals surface area contributed by atoms with Crippen molar-refractivity contribution in [3.8, 4) is 5.75 Å². The van der Waals surface area contributed by atoms with Crippen molar-refractivity contribution in [1.82, 2.24) is 0 Å². The molecule has 0 bridgehead atoms. The van der Waals surface area contributed by atoms with Gasteiger partial charge in [0.25, 0.3) is 5.91 Å². The molecule has 1 aliphatic rings. The van der Waals surface area contributed by atoms with Crippen molar-refractivity contribution in [3.63, 3.8) is 0 Å². The highest BCUT2D eigenvalue weighted by Gasteiger charge is 2.27. The number of halogens is 3. The Morgan fingerprint density at radius 1 is 1.38 bits per heavy atom. The van der Waals surface area contributed by atoms with E-state index in [2.05, 4.69) is 15.9 Å². The maximum Gasteiger partial charge on any atom is 0.264 e. The molecule has 0 radical (unpaired) electrons. The van der Waals surface area contributed by atoms with Crippen LogP contribution in [0, 0.1) is 5.82 Å². The second-order valence-electron chi connectivity index (χ2n) is 5.38. The zero-order valence-corrected chi connectivity index (χ0v) is 14.9. The van der Waals surface area contributed by atoms with Crippen LogP contribution in [0.25, 0.3) is 0 Å². The van der Waals surface area contributed by atoms with E-state index < -0.39 is 5.82 Å². The topological polar surface area (TPSA) is 46.6 Å². The molecule has 0 unspecified atom stereocenters. The molecule has 4 nitrogen and oxygen atoms in total. The third kappa shape index (κ3) is 3.16. The summed E-state index contributed by atoms with van der Waals surface area (Å²) in [5.41, 5.74) is 1.05. The Morgan fingerprint density at radius 3 is 2.83 bits per heavy atom. The van der Waals surface area contributed by atoms with Crippen LogP contribution >= 0.6 is 27.5 Å². The molecule has 0 atom stereocenters. The number of ketones is 1. The highest BCUT2D eigenvalue weighted by molar-refractivity contribution is 9.10. The van der Waals surface area contributed by atoms with Crippen LogP contribution in [0.15, 0.2) is 34.8 Å². The number of Topliss-reactive ketones (excluding diaryl/α,β-unsaturated/α-hetero) is 1. The lowest BCUT2D eigenvalue weighted by molar-refractivity contribution is -0.121. The normalized spacial score (nSPS) is 13.5. The van der Waals surface area contributed by atoms with Gasteiger partial charge in [-0.1, -0.05) is 33.6 Å². The van der Waals surface area contributed by atoms with Crippen LogP contribution in [-0.2, 0) is 11.2 Å². The maximum absolute atomic E-state index is 14.2. The van der Waals surface area contributed by atoms with Crippen LogP contribution in [0.4, 0.5) is 10.1 Å². The molecule has 2 aromatic rings. The number of fused-ring (bicyclic) bond motifs is 1. The van der Waals surface area contributed by atoms with Crippen LogP contribution in [0.1, 0.15) is 15.9 Å². The van der Waals surface area contributed by atoms with Gasteiger partial charge in [0.05, 0.1) is 5.69 Å². The maximum atomic E-state index is 14.2. The molecule has 0 N–H and O–H groups in total. The summed E-state index contributed by atoms with van der Waals surface area (Å²) < 4.78 is 20.1. The largest absolute Gasteiger partial charge is 0.478 e. The second kappa shape index (κ2) is 6.53. The van der Waals surface area contributed by atoms with Gasteiger partial charge in [0.1, 0.15) is 0 Å². The fourth-order valence-electron chi connectivity index (χ4n) is 2.44. The number of ether oxygens (including phenoxy) is 1. The number of benzene rings is 2. The van der Waals surface area contributed by atoms with Crippen LogP contribution in [-0.4, -0.2) is 25.3 Å². The molecule has 0 aromatic heterocycles. The molecule has 7 heteroatoms. The van der Waals surface area contributed by atoms with Gasteiger partial charge in [-0.15, -0.1) is 0 Å². The van der Waals surface area contributed by atoms with E-state index in [9.17, 15) is 14.0 Å². The van der Waals surface area contributed by atoms with E-state index in [4.69, 9.17) is 16.3 Å². The Kier molecular flexibility index (Phi) is 4.60. The van der Waals surface area contributed by atoms with E-state index in [1.54, 1.807) is 18.2 Å². The molecular formula is C17H12BrClFNO3. The standard InChI is InChI=1S/C17H12BrClFNO3/c1-21-14-5-10(4-13(20)17(14)24-8-16(21)23)15(22)6-9-2-3-11(18)7-12(9)19/h2-5,7H,6,8H2,1H3. The molecule has 24 heavy (non-hydrogen) atoms. The number of rotatable bonds is 3. The summed E-state index contributed by atoms with van der Waals surface area (Å²) in [5.74, 6) is -1.29. The third-order valence-electron chi connectivity index (χ3n) is 3.79. The number of amides is 1. The molecular weight excluding hydrogens is 401 g/mol. The first-order chi connectivity index (χ1) is 11.4. The number of carbonyl (C=O) groups is 2. The minimum absolute atomic E-state index is 0.0182. The van der Waals surface area contributed by atoms with Crippen LogP contribution < -0.4 is 9.64 Å². The van der Waals surface area contributed by atoms with Crippen LogP contribution in [0.3, 0.4) is 0 Å². The Labute approximate surface area is 151 Å². The van der Waals surface area contributed by atoms with E-state index in [-0.39, 0.29) is 41.7 Å². The van der Waals surface area contributed by atoms with Gasteiger partial charge in [-0.05, 0) is 29.8 Å². The summed E-state index contributed by atoms with van der Waals surface area (Å²) in [6.07, 6.45) is 0.0306. The number of hydrogen-bond donors (Lipinski definition) is 0. The van der Waals surface area contributed by atoms with Gasteiger partial charge in [-0.25, -0.2) is 4.39 Å². The highest BCUT2D eigenvalue weighted by Crippen LogP contribution is 2.35. The van der Waals surface area contributed by atoms with Gasteiger partial charge < -0.3 is 9.64 Å². The van der Waals surface area contributed by atoms with Gasteiger partial charge in [0.2, 0.25) is 0 Å². The van der Waals surface area contributed by atoms with Gasteiger partial charge in [-0.3, -0.25) is 9.59 Å².